The molecule has 0 unspecified atom stereocenters. The molecule has 94 valence electrons. The summed E-state index contributed by atoms with van der Waals surface area (Å²) in [5, 5.41) is 7.92. The topological polar surface area (TPSA) is 35.0 Å². The lowest BCUT2D eigenvalue weighted by atomic mass is 10.2. The number of aryl methyl sites for hydroxylation is 2. The minimum absolute atomic E-state index is 0.281. The highest BCUT2D eigenvalue weighted by atomic mass is 79.9. The van der Waals surface area contributed by atoms with Crippen LogP contribution in [0.4, 0.5) is 4.39 Å². The van der Waals surface area contributed by atoms with E-state index in [0.29, 0.717) is 17.0 Å². The summed E-state index contributed by atoms with van der Waals surface area (Å²) >= 11 is 3.29. The van der Waals surface area contributed by atoms with Crippen molar-refractivity contribution in [2.45, 2.75) is 20.5 Å². The number of halogens is 2. The molecule has 0 aliphatic rings. The molecule has 0 bridgehead atoms. The Labute approximate surface area is 113 Å². The zero-order valence-electron chi connectivity index (χ0n) is 10.1. The van der Waals surface area contributed by atoms with Crippen LogP contribution in [0, 0.1) is 19.7 Å². The predicted octanol–water partition coefficient (Wildman–Crippen LogP) is 3.57. The van der Waals surface area contributed by atoms with Crippen molar-refractivity contribution in [1.29, 1.82) is 0 Å². The summed E-state index contributed by atoms with van der Waals surface area (Å²) in [6.45, 7) is 4.16. The van der Waals surface area contributed by atoms with Crippen molar-refractivity contribution in [1.82, 2.24) is 10.2 Å². The molecule has 18 heavy (non-hydrogen) atoms. The highest BCUT2D eigenvalue weighted by Gasteiger charge is 2.04. The fourth-order valence-corrected chi connectivity index (χ4v) is 1.85. The van der Waals surface area contributed by atoms with E-state index in [2.05, 4.69) is 26.1 Å². The van der Waals surface area contributed by atoms with E-state index < -0.39 is 0 Å². The zero-order valence-corrected chi connectivity index (χ0v) is 11.7. The number of hydrogen-bond acceptors (Lipinski definition) is 3. The molecule has 1 heterocycles. The van der Waals surface area contributed by atoms with Gasteiger partial charge in [-0.2, -0.15) is 5.10 Å². The van der Waals surface area contributed by atoms with E-state index in [0.717, 1.165) is 16.8 Å². The first kappa shape index (κ1) is 13.0. The van der Waals surface area contributed by atoms with Crippen LogP contribution in [-0.4, -0.2) is 10.2 Å². The van der Waals surface area contributed by atoms with Crippen LogP contribution in [0.1, 0.15) is 16.8 Å². The van der Waals surface area contributed by atoms with Gasteiger partial charge in [0.2, 0.25) is 5.88 Å². The Morgan fingerprint density at radius 3 is 2.67 bits per heavy atom. The second-order valence-corrected chi connectivity index (χ2v) is 4.83. The normalized spacial score (nSPS) is 10.4. The van der Waals surface area contributed by atoms with Crippen molar-refractivity contribution in [2.75, 3.05) is 0 Å². The minimum Gasteiger partial charge on any atom is -0.472 e. The molecule has 1 aromatic carbocycles. The van der Waals surface area contributed by atoms with Crippen molar-refractivity contribution >= 4 is 15.9 Å². The SMILES string of the molecule is Cc1cc(OCc2ccc(F)cc2Br)nnc1C. The van der Waals surface area contributed by atoms with Crippen LogP contribution in [-0.2, 0) is 6.61 Å². The third kappa shape index (κ3) is 3.04. The Morgan fingerprint density at radius 1 is 1.22 bits per heavy atom. The molecule has 0 saturated carbocycles. The number of ether oxygens (including phenoxy) is 1. The molecule has 5 heteroatoms. The van der Waals surface area contributed by atoms with Gasteiger partial charge in [0.1, 0.15) is 12.4 Å². The highest BCUT2D eigenvalue weighted by molar-refractivity contribution is 9.10. The fourth-order valence-electron chi connectivity index (χ4n) is 1.38. The Bertz CT molecular complexity index is 575. The maximum atomic E-state index is 12.9. The van der Waals surface area contributed by atoms with E-state index in [9.17, 15) is 4.39 Å². The predicted molar refractivity (Wildman–Crippen MR) is 69.9 cm³/mol. The monoisotopic (exact) mass is 310 g/mol. The van der Waals surface area contributed by atoms with E-state index in [1.54, 1.807) is 6.07 Å². The van der Waals surface area contributed by atoms with Crippen molar-refractivity contribution in [3.8, 4) is 5.88 Å². The lowest BCUT2D eigenvalue weighted by Crippen LogP contribution is -2.01. The molecule has 1 aromatic heterocycles. The van der Waals surface area contributed by atoms with E-state index in [-0.39, 0.29) is 5.82 Å². The van der Waals surface area contributed by atoms with Gasteiger partial charge in [0, 0.05) is 16.1 Å². The van der Waals surface area contributed by atoms with Crippen LogP contribution >= 0.6 is 15.9 Å². The number of aromatic nitrogens is 2. The van der Waals surface area contributed by atoms with Gasteiger partial charge in [-0.25, -0.2) is 4.39 Å². The molecule has 2 rings (SSSR count). The summed E-state index contributed by atoms with van der Waals surface area (Å²) in [5.74, 6) is 0.186. The molecule has 0 spiro atoms. The summed E-state index contributed by atoms with van der Waals surface area (Å²) in [6, 6.07) is 6.31. The molecular weight excluding hydrogens is 299 g/mol. The van der Waals surface area contributed by atoms with Gasteiger partial charge >= 0.3 is 0 Å². The van der Waals surface area contributed by atoms with Crippen LogP contribution in [0.15, 0.2) is 28.7 Å². The first-order valence-electron chi connectivity index (χ1n) is 5.44. The van der Waals surface area contributed by atoms with Crippen molar-refractivity contribution in [3.05, 3.63) is 51.4 Å². The summed E-state index contributed by atoms with van der Waals surface area (Å²) in [7, 11) is 0. The van der Waals surface area contributed by atoms with Crippen LogP contribution in [0.25, 0.3) is 0 Å². The maximum absolute atomic E-state index is 12.9. The minimum atomic E-state index is -0.281. The van der Waals surface area contributed by atoms with Gasteiger partial charge in [-0.3, -0.25) is 0 Å². The molecular formula is C13H12BrFN2O. The van der Waals surface area contributed by atoms with Crippen molar-refractivity contribution in [3.63, 3.8) is 0 Å². The average Bonchev–Trinajstić information content (AvgIpc) is 2.32. The van der Waals surface area contributed by atoms with Crippen LogP contribution < -0.4 is 4.74 Å². The molecule has 3 nitrogen and oxygen atoms in total. The number of hydrogen-bond donors (Lipinski definition) is 0. The Balaban J connectivity index is 2.09. The Hall–Kier alpha value is -1.49. The van der Waals surface area contributed by atoms with E-state index in [1.165, 1.54) is 12.1 Å². The number of benzene rings is 1. The largest absolute Gasteiger partial charge is 0.472 e. The van der Waals surface area contributed by atoms with Gasteiger partial charge in [-0.1, -0.05) is 22.0 Å². The van der Waals surface area contributed by atoms with Gasteiger partial charge in [0.05, 0.1) is 5.69 Å². The van der Waals surface area contributed by atoms with Crippen molar-refractivity contribution in [2.24, 2.45) is 0 Å². The van der Waals surface area contributed by atoms with Crippen LogP contribution in [0.2, 0.25) is 0 Å². The molecule has 2 aromatic rings. The van der Waals surface area contributed by atoms with E-state index >= 15 is 0 Å². The maximum Gasteiger partial charge on any atom is 0.233 e. The summed E-state index contributed by atoms with van der Waals surface area (Å²) in [4.78, 5) is 0. The molecule has 0 N–H and O–H groups in total. The van der Waals surface area contributed by atoms with E-state index in [4.69, 9.17) is 4.74 Å². The van der Waals surface area contributed by atoms with Gasteiger partial charge in [-0.05, 0) is 31.5 Å². The molecule has 0 amide bonds. The van der Waals surface area contributed by atoms with Gasteiger partial charge in [0.25, 0.3) is 0 Å². The second kappa shape index (κ2) is 5.44. The van der Waals surface area contributed by atoms with E-state index in [1.807, 2.05) is 19.9 Å². The average molecular weight is 311 g/mol. The molecule has 0 fully saturated rings. The quantitative estimate of drug-likeness (QED) is 0.869. The third-order valence-electron chi connectivity index (χ3n) is 2.60. The van der Waals surface area contributed by atoms with Crippen molar-refractivity contribution < 1.29 is 9.13 Å². The highest BCUT2D eigenvalue weighted by Crippen LogP contribution is 2.20. The zero-order chi connectivity index (χ0) is 13.1. The summed E-state index contributed by atoms with van der Waals surface area (Å²) < 4.78 is 19.1. The molecule has 0 radical (unpaired) electrons. The van der Waals surface area contributed by atoms with Gasteiger partial charge in [0.15, 0.2) is 0 Å². The molecule has 0 saturated heterocycles. The molecule has 0 aliphatic carbocycles. The lowest BCUT2D eigenvalue weighted by molar-refractivity contribution is 0.289. The standard InChI is InChI=1S/C13H12BrFN2O/c1-8-5-13(17-16-9(8)2)18-7-10-3-4-11(15)6-12(10)14/h3-6H,7H2,1-2H3. The number of nitrogens with zero attached hydrogens (tertiary/aromatic N) is 2. The number of rotatable bonds is 3. The van der Waals surface area contributed by atoms with Crippen LogP contribution in [0.5, 0.6) is 5.88 Å². The van der Waals surface area contributed by atoms with Gasteiger partial charge < -0.3 is 4.74 Å². The summed E-state index contributed by atoms with van der Waals surface area (Å²) in [5.41, 5.74) is 2.76. The summed E-state index contributed by atoms with van der Waals surface area (Å²) in [6.07, 6.45) is 0. The van der Waals surface area contributed by atoms with Gasteiger partial charge in [-0.15, -0.1) is 5.10 Å². The van der Waals surface area contributed by atoms with Crippen LogP contribution in [0.3, 0.4) is 0 Å². The fraction of sp³-hybridized carbons (Fsp3) is 0.231. The molecule has 0 atom stereocenters. The third-order valence-corrected chi connectivity index (χ3v) is 3.34. The second-order valence-electron chi connectivity index (χ2n) is 3.98. The lowest BCUT2D eigenvalue weighted by Gasteiger charge is -2.07. The first-order valence-corrected chi connectivity index (χ1v) is 6.23. The Morgan fingerprint density at radius 2 is 2.00 bits per heavy atom. The first-order chi connectivity index (χ1) is 8.56. The smallest absolute Gasteiger partial charge is 0.233 e. The Kier molecular flexibility index (Phi) is 3.91. The molecule has 0 aliphatic heterocycles.